The molecule has 1 saturated carbocycles. The predicted molar refractivity (Wildman–Crippen MR) is 122 cm³/mol. The highest BCUT2D eigenvalue weighted by molar-refractivity contribution is 5.83. The maximum Gasteiger partial charge on any atom is 0.308 e. The zero-order chi connectivity index (χ0) is 22.7. The summed E-state index contributed by atoms with van der Waals surface area (Å²) in [6, 6.07) is 8.06. The Kier molecular flexibility index (Phi) is 6.50. The summed E-state index contributed by atoms with van der Waals surface area (Å²) in [5, 5.41) is 15.4. The Morgan fingerprint density at radius 2 is 2.03 bits per heavy atom. The molecule has 0 radical (unpaired) electrons. The lowest BCUT2D eigenvalue weighted by molar-refractivity contribution is -0.131. The van der Waals surface area contributed by atoms with Crippen LogP contribution in [0.4, 0.5) is 11.8 Å². The first kappa shape index (κ1) is 21.9. The molecule has 0 amide bonds. The first-order chi connectivity index (χ1) is 15.4. The van der Waals surface area contributed by atoms with Gasteiger partial charge in [-0.1, -0.05) is 17.3 Å². The van der Waals surface area contributed by atoms with Crippen LogP contribution in [-0.4, -0.2) is 43.0 Å². The normalized spacial score (nSPS) is 18.7. The van der Waals surface area contributed by atoms with Crippen LogP contribution in [-0.2, 0) is 11.3 Å². The minimum atomic E-state index is -0.350. The van der Waals surface area contributed by atoms with Gasteiger partial charge >= 0.3 is 5.97 Å². The van der Waals surface area contributed by atoms with Crippen molar-refractivity contribution < 1.29 is 9.53 Å². The molecule has 10 heteroatoms. The van der Waals surface area contributed by atoms with Crippen molar-refractivity contribution in [1.29, 1.82) is 0 Å². The molecule has 3 aromatic rings. The maximum atomic E-state index is 11.2. The Hall–Kier alpha value is -3.27. The molecule has 4 rings (SSSR count). The number of esters is 1. The van der Waals surface area contributed by atoms with Gasteiger partial charge in [-0.25, -0.2) is 4.68 Å². The van der Waals surface area contributed by atoms with Gasteiger partial charge in [0, 0.05) is 25.6 Å². The Balaban J connectivity index is 1.59. The van der Waals surface area contributed by atoms with Crippen molar-refractivity contribution in [3.8, 4) is 5.75 Å². The van der Waals surface area contributed by atoms with Gasteiger partial charge in [0.15, 0.2) is 17.0 Å². The molecule has 0 atom stereocenters. The summed E-state index contributed by atoms with van der Waals surface area (Å²) in [4.78, 5) is 20.7. The Morgan fingerprint density at radius 1 is 1.25 bits per heavy atom. The van der Waals surface area contributed by atoms with Crippen LogP contribution in [0.25, 0.3) is 11.2 Å². The minimum absolute atomic E-state index is 0.115. The zero-order valence-electron chi connectivity index (χ0n) is 18.7. The first-order valence-corrected chi connectivity index (χ1v) is 11.1. The van der Waals surface area contributed by atoms with E-state index in [0.29, 0.717) is 41.3 Å². The number of hydrogen-bond acceptors (Lipinski definition) is 9. The number of rotatable bonds is 7. The van der Waals surface area contributed by atoms with Gasteiger partial charge in [-0.15, -0.1) is 5.10 Å². The second-order valence-electron chi connectivity index (χ2n) is 8.55. The number of fused-ring (bicyclic) bond motifs is 1. The van der Waals surface area contributed by atoms with Crippen molar-refractivity contribution in [2.45, 2.75) is 71.1 Å². The van der Waals surface area contributed by atoms with Gasteiger partial charge in [0.05, 0.1) is 6.04 Å². The van der Waals surface area contributed by atoms with Gasteiger partial charge in [0.2, 0.25) is 5.95 Å². The number of ether oxygens (including phenoxy) is 1. The summed E-state index contributed by atoms with van der Waals surface area (Å²) >= 11 is 0. The van der Waals surface area contributed by atoms with Crippen LogP contribution in [0.15, 0.2) is 24.3 Å². The van der Waals surface area contributed by atoms with Gasteiger partial charge in [-0.3, -0.25) is 4.79 Å². The third-order valence-corrected chi connectivity index (χ3v) is 5.54. The van der Waals surface area contributed by atoms with E-state index in [9.17, 15) is 4.79 Å². The smallest absolute Gasteiger partial charge is 0.308 e. The second kappa shape index (κ2) is 9.47. The van der Waals surface area contributed by atoms with E-state index in [-0.39, 0.29) is 18.1 Å². The van der Waals surface area contributed by atoms with Crippen LogP contribution in [0.5, 0.6) is 5.75 Å². The number of benzene rings is 1. The van der Waals surface area contributed by atoms with E-state index >= 15 is 0 Å². The van der Waals surface area contributed by atoms with Crippen LogP contribution in [0.3, 0.4) is 0 Å². The van der Waals surface area contributed by atoms with Crippen LogP contribution in [0, 0.1) is 0 Å². The minimum Gasteiger partial charge on any atom is -0.427 e. The van der Waals surface area contributed by atoms with Crippen molar-refractivity contribution in [2.75, 3.05) is 10.6 Å². The molecule has 10 nitrogen and oxygen atoms in total. The van der Waals surface area contributed by atoms with Crippen molar-refractivity contribution in [2.24, 2.45) is 5.73 Å². The molecule has 0 saturated heterocycles. The average molecular weight is 439 g/mol. The number of hydrogen-bond donors (Lipinski definition) is 3. The molecule has 0 unspecified atom stereocenters. The number of nitrogens with one attached hydrogen (secondary N) is 2. The molecule has 2 aromatic heterocycles. The monoisotopic (exact) mass is 438 g/mol. The molecule has 0 spiro atoms. The number of nitrogens with zero attached hydrogens (tertiary/aromatic N) is 5. The fraction of sp³-hybridized carbons (Fsp3) is 0.500. The van der Waals surface area contributed by atoms with Crippen molar-refractivity contribution in [1.82, 2.24) is 25.0 Å². The third-order valence-electron chi connectivity index (χ3n) is 5.54. The Labute approximate surface area is 186 Å². The van der Waals surface area contributed by atoms with E-state index < -0.39 is 0 Å². The lowest BCUT2D eigenvalue weighted by atomic mass is 9.92. The summed E-state index contributed by atoms with van der Waals surface area (Å²) in [6.07, 6.45) is 3.98. The molecule has 2 heterocycles. The predicted octanol–water partition coefficient (Wildman–Crippen LogP) is 3.02. The lowest BCUT2D eigenvalue weighted by Gasteiger charge is -2.26. The molecule has 0 bridgehead atoms. The number of carbonyl (C=O) groups is 1. The number of anilines is 2. The lowest BCUT2D eigenvalue weighted by Crippen LogP contribution is -2.33. The van der Waals surface area contributed by atoms with Gasteiger partial charge in [0.25, 0.3) is 0 Å². The molecule has 4 N–H and O–H groups in total. The van der Waals surface area contributed by atoms with Crippen LogP contribution >= 0.6 is 0 Å². The SMILES string of the molecule is CC(=O)Oc1cccc(CNc2nc(NC3CCC(N)CC3)nc3c2nnn3C(C)C)c1. The molecule has 32 heavy (non-hydrogen) atoms. The van der Waals surface area contributed by atoms with E-state index in [0.717, 1.165) is 31.2 Å². The first-order valence-electron chi connectivity index (χ1n) is 11.1. The van der Waals surface area contributed by atoms with E-state index in [1.807, 2.05) is 32.0 Å². The van der Waals surface area contributed by atoms with E-state index in [2.05, 4.69) is 20.9 Å². The molecule has 1 aliphatic carbocycles. The van der Waals surface area contributed by atoms with E-state index in [4.69, 9.17) is 20.4 Å². The number of carbonyl (C=O) groups excluding carboxylic acids is 1. The number of nitrogens with two attached hydrogens (primary N) is 1. The molecular formula is C22H30N8O2. The van der Waals surface area contributed by atoms with Gasteiger partial charge < -0.3 is 21.1 Å². The van der Waals surface area contributed by atoms with Gasteiger partial charge in [0.1, 0.15) is 5.75 Å². The van der Waals surface area contributed by atoms with Crippen LogP contribution in [0.2, 0.25) is 0 Å². The highest BCUT2D eigenvalue weighted by Crippen LogP contribution is 2.25. The van der Waals surface area contributed by atoms with Gasteiger partial charge in [-0.2, -0.15) is 9.97 Å². The topological polar surface area (TPSA) is 133 Å². The maximum absolute atomic E-state index is 11.2. The summed E-state index contributed by atoms with van der Waals surface area (Å²) in [6.45, 7) is 5.95. The Bertz CT molecular complexity index is 1090. The van der Waals surface area contributed by atoms with Gasteiger partial charge in [-0.05, 0) is 57.2 Å². The molecule has 1 fully saturated rings. The molecule has 170 valence electrons. The molecule has 1 aromatic carbocycles. The third kappa shape index (κ3) is 5.13. The molecule has 1 aliphatic rings. The standard InChI is InChI=1S/C22H30N8O2/c1-13(2)30-21-19(28-29-30)20(24-12-15-5-4-6-18(11-15)32-14(3)31)26-22(27-21)25-17-9-7-16(23)8-10-17/h4-6,11,13,16-17H,7-10,12,23H2,1-3H3,(H2,24,25,26,27). The summed E-state index contributed by atoms with van der Waals surface area (Å²) in [7, 11) is 0. The molecule has 0 aliphatic heterocycles. The van der Waals surface area contributed by atoms with Crippen molar-refractivity contribution >= 4 is 28.9 Å². The summed E-state index contributed by atoms with van der Waals surface area (Å²) < 4.78 is 6.98. The average Bonchev–Trinajstić information content (AvgIpc) is 3.18. The van der Waals surface area contributed by atoms with Crippen LogP contribution in [0.1, 0.15) is 58.1 Å². The summed E-state index contributed by atoms with van der Waals surface area (Å²) in [5.74, 6) is 1.32. The zero-order valence-corrected chi connectivity index (χ0v) is 18.7. The van der Waals surface area contributed by atoms with E-state index in [1.54, 1.807) is 10.7 Å². The fourth-order valence-corrected chi connectivity index (χ4v) is 3.88. The van der Waals surface area contributed by atoms with Crippen molar-refractivity contribution in [3.63, 3.8) is 0 Å². The summed E-state index contributed by atoms with van der Waals surface area (Å²) in [5.41, 5.74) is 8.29. The quantitative estimate of drug-likeness (QED) is 0.376. The molecular weight excluding hydrogens is 408 g/mol. The fourth-order valence-electron chi connectivity index (χ4n) is 3.88. The number of aromatic nitrogens is 5. The van der Waals surface area contributed by atoms with E-state index in [1.165, 1.54) is 6.92 Å². The second-order valence-corrected chi connectivity index (χ2v) is 8.55. The van der Waals surface area contributed by atoms with Crippen molar-refractivity contribution in [3.05, 3.63) is 29.8 Å². The highest BCUT2D eigenvalue weighted by atomic mass is 16.5. The largest absolute Gasteiger partial charge is 0.427 e. The Morgan fingerprint density at radius 3 is 2.75 bits per heavy atom. The highest BCUT2D eigenvalue weighted by Gasteiger charge is 2.21. The van der Waals surface area contributed by atoms with Crippen LogP contribution < -0.4 is 21.1 Å².